The number of aliphatic hydroxyl groups is 1. The zero-order chi connectivity index (χ0) is 23.0. The van der Waals surface area contributed by atoms with Crippen LogP contribution in [0.25, 0.3) is 10.9 Å². The highest BCUT2D eigenvalue weighted by molar-refractivity contribution is 5.98. The molecule has 0 bridgehead atoms. The second-order valence-electron chi connectivity index (χ2n) is 8.10. The van der Waals surface area contributed by atoms with Gasteiger partial charge in [-0.25, -0.2) is 0 Å². The minimum absolute atomic E-state index is 0.203. The molecule has 0 fully saturated rings. The number of hydrogen-bond acceptors (Lipinski definition) is 4. The Labute approximate surface area is 193 Å². The van der Waals surface area contributed by atoms with Gasteiger partial charge in [0.1, 0.15) is 5.75 Å². The van der Waals surface area contributed by atoms with Crippen molar-refractivity contribution in [2.75, 3.05) is 13.7 Å². The number of ether oxygens (including phenoxy) is 1. The van der Waals surface area contributed by atoms with Crippen LogP contribution < -0.4 is 15.4 Å². The molecule has 0 spiro atoms. The molecule has 2 atom stereocenters. The van der Waals surface area contributed by atoms with Gasteiger partial charge < -0.3 is 25.5 Å². The Hall–Kier alpha value is -3.61. The number of carbonyl (C=O) groups excluding carboxylic acids is 1. The van der Waals surface area contributed by atoms with Crippen molar-refractivity contribution in [2.24, 2.45) is 0 Å². The van der Waals surface area contributed by atoms with Crippen LogP contribution in [0.1, 0.15) is 21.5 Å². The molecule has 1 heterocycles. The van der Waals surface area contributed by atoms with Gasteiger partial charge in [0, 0.05) is 35.8 Å². The topological polar surface area (TPSA) is 86.4 Å². The average Bonchev–Trinajstić information content (AvgIpc) is 3.32. The fraction of sp³-hybridized carbons (Fsp3) is 0.222. The maximum atomic E-state index is 13.0. The van der Waals surface area contributed by atoms with E-state index in [4.69, 9.17) is 4.74 Å². The summed E-state index contributed by atoms with van der Waals surface area (Å²) in [7, 11) is 1.64. The second kappa shape index (κ2) is 10.8. The first-order chi connectivity index (χ1) is 16.1. The predicted molar refractivity (Wildman–Crippen MR) is 130 cm³/mol. The van der Waals surface area contributed by atoms with Crippen LogP contribution in [0.2, 0.25) is 0 Å². The first-order valence-electron chi connectivity index (χ1n) is 11.1. The molecule has 6 heteroatoms. The number of aliphatic hydroxyl groups excluding tert-OH is 1. The van der Waals surface area contributed by atoms with Crippen LogP contribution in [0.3, 0.4) is 0 Å². The van der Waals surface area contributed by atoms with Crippen LogP contribution >= 0.6 is 0 Å². The molecule has 1 amide bonds. The van der Waals surface area contributed by atoms with Crippen LogP contribution in [-0.2, 0) is 13.0 Å². The first-order valence-corrected chi connectivity index (χ1v) is 11.1. The lowest BCUT2D eigenvalue weighted by atomic mass is 10.00. The molecule has 0 aliphatic rings. The monoisotopic (exact) mass is 443 g/mol. The van der Waals surface area contributed by atoms with Gasteiger partial charge in [-0.15, -0.1) is 0 Å². The highest BCUT2D eigenvalue weighted by Gasteiger charge is 2.22. The van der Waals surface area contributed by atoms with E-state index in [-0.39, 0.29) is 5.91 Å². The standard InChI is InChI=1S/C27H29N3O3/c1-33-23-9-5-8-20(14-23)17-28-18-26(31)25(15-19-6-3-2-4-7-19)30-27(32)22-10-11-24-21(16-22)12-13-29-24/h2-14,16,25-26,28-29,31H,15,17-18H2,1H3,(H,30,32)/t25-,26+/m0/s1. The fourth-order valence-corrected chi connectivity index (χ4v) is 3.89. The van der Waals surface area contributed by atoms with Gasteiger partial charge in [-0.1, -0.05) is 42.5 Å². The summed E-state index contributed by atoms with van der Waals surface area (Å²) in [5.74, 6) is 0.592. The summed E-state index contributed by atoms with van der Waals surface area (Å²) < 4.78 is 5.27. The molecule has 0 radical (unpaired) electrons. The first kappa shape index (κ1) is 22.6. The number of nitrogens with one attached hydrogen (secondary N) is 3. The Bertz CT molecular complexity index is 1190. The number of hydrogen-bond donors (Lipinski definition) is 4. The zero-order valence-electron chi connectivity index (χ0n) is 18.6. The van der Waals surface area contributed by atoms with Crippen molar-refractivity contribution in [3.05, 3.63) is 102 Å². The maximum Gasteiger partial charge on any atom is 0.251 e. The molecule has 1 aromatic heterocycles. The van der Waals surface area contributed by atoms with Gasteiger partial charge in [-0.2, -0.15) is 0 Å². The fourth-order valence-electron chi connectivity index (χ4n) is 3.89. The lowest BCUT2D eigenvalue weighted by Gasteiger charge is -2.25. The van der Waals surface area contributed by atoms with Crippen molar-refractivity contribution in [1.29, 1.82) is 0 Å². The van der Waals surface area contributed by atoms with Gasteiger partial charge >= 0.3 is 0 Å². The Kier molecular flexibility index (Phi) is 7.40. The smallest absolute Gasteiger partial charge is 0.251 e. The van der Waals surface area contributed by atoms with E-state index in [0.29, 0.717) is 25.1 Å². The molecule has 3 aromatic carbocycles. The number of benzene rings is 3. The quantitative estimate of drug-likeness (QED) is 0.301. The van der Waals surface area contributed by atoms with E-state index in [9.17, 15) is 9.90 Å². The van der Waals surface area contributed by atoms with Crippen LogP contribution in [-0.4, -0.2) is 41.8 Å². The van der Waals surface area contributed by atoms with Crippen molar-refractivity contribution < 1.29 is 14.6 Å². The van der Waals surface area contributed by atoms with E-state index in [2.05, 4.69) is 15.6 Å². The minimum Gasteiger partial charge on any atom is -0.497 e. The third-order valence-corrected chi connectivity index (χ3v) is 5.71. The number of rotatable bonds is 10. The summed E-state index contributed by atoms with van der Waals surface area (Å²) in [5, 5.41) is 18.3. The van der Waals surface area contributed by atoms with E-state index < -0.39 is 12.1 Å². The van der Waals surface area contributed by atoms with Crippen molar-refractivity contribution in [1.82, 2.24) is 15.6 Å². The number of fused-ring (bicyclic) bond motifs is 1. The highest BCUT2D eigenvalue weighted by atomic mass is 16.5. The average molecular weight is 444 g/mol. The van der Waals surface area contributed by atoms with Crippen LogP contribution in [0, 0.1) is 0 Å². The molecule has 4 aromatic rings. The van der Waals surface area contributed by atoms with Gasteiger partial charge in [0.2, 0.25) is 0 Å². The van der Waals surface area contributed by atoms with Gasteiger partial charge in [0.25, 0.3) is 5.91 Å². The molecule has 4 N–H and O–H groups in total. The number of carbonyl (C=O) groups is 1. The summed E-state index contributed by atoms with van der Waals surface area (Å²) in [6, 6.07) is 24.7. The molecule has 170 valence electrons. The molecule has 0 unspecified atom stereocenters. The van der Waals surface area contributed by atoms with Crippen molar-refractivity contribution in [3.63, 3.8) is 0 Å². The molecular weight excluding hydrogens is 414 g/mol. The van der Waals surface area contributed by atoms with Crippen LogP contribution in [0.5, 0.6) is 5.75 Å². The number of aromatic nitrogens is 1. The Morgan fingerprint density at radius 3 is 2.64 bits per heavy atom. The van der Waals surface area contributed by atoms with E-state index in [0.717, 1.165) is 27.8 Å². The lowest BCUT2D eigenvalue weighted by Crippen LogP contribution is -2.48. The largest absolute Gasteiger partial charge is 0.497 e. The normalized spacial score (nSPS) is 12.9. The van der Waals surface area contributed by atoms with E-state index in [1.54, 1.807) is 13.2 Å². The molecule has 4 rings (SSSR count). The van der Waals surface area contributed by atoms with Crippen LogP contribution in [0.15, 0.2) is 85.1 Å². The molecule has 6 nitrogen and oxygen atoms in total. The Balaban J connectivity index is 1.43. The number of methoxy groups -OCH3 is 1. The predicted octanol–water partition coefficient (Wildman–Crippen LogP) is 3.67. The van der Waals surface area contributed by atoms with Gasteiger partial charge in [-0.05, 0) is 53.9 Å². The molecule has 0 saturated heterocycles. The molecule has 0 saturated carbocycles. The number of aromatic amines is 1. The third-order valence-electron chi connectivity index (χ3n) is 5.71. The summed E-state index contributed by atoms with van der Waals surface area (Å²) in [6.07, 6.45) is 1.61. The van der Waals surface area contributed by atoms with Crippen molar-refractivity contribution in [3.8, 4) is 5.75 Å². The van der Waals surface area contributed by atoms with E-state index in [1.807, 2.05) is 79.0 Å². The van der Waals surface area contributed by atoms with Gasteiger partial charge in [0.15, 0.2) is 0 Å². The lowest BCUT2D eigenvalue weighted by molar-refractivity contribution is 0.0830. The third kappa shape index (κ3) is 6.00. The maximum absolute atomic E-state index is 13.0. The van der Waals surface area contributed by atoms with E-state index in [1.165, 1.54) is 0 Å². The Morgan fingerprint density at radius 1 is 1.00 bits per heavy atom. The SMILES string of the molecule is COc1cccc(CNC[C@@H](O)[C@H](Cc2ccccc2)NC(=O)c2ccc3[nH]ccc3c2)c1. The second-order valence-corrected chi connectivity index (χ2v) is 8.10. The Morgan fingerprint density at radius 2 is 1.82 bits per heavy atom. The number of amides is 1. The van der Waals surface area contributed by atoms with Gasteiger partial charge in [0.05, 0.1) is 19.3 Å². The molecule has 0 aliphatic heterocycles. The summed E-state index contributed by atoms with van der Waals surface area (Å²) in [4.78, 5) is 16.1. The van der Waals surface area contributed by atoms with Crippen molar-refractivity contribution >= 4 is 16.8 Å². The van der Waals surface area contributed by atoms with Crippen molar-refractivity contribution in [2.45, 2.75) is 25.1 Å². The highest BCUT2D eigenvalue weighted by Crippen LogP contribution is 2.16. The molecule has 33 heavy (non-hydrogen) atoms. The summed E-state index contributed by atoms with van der Waals surface area (Å²) in [6.45, 7) is 0.927. The molecule has 0 aliphatic carbocycles. The summed E-state index contributed by atoms with van der Waals surface area (Å²) >= 11 is 0. The summed E-state index contributed by atoms with van der Waals surface area (Å²) in [5.41, 5.74) is 3.66. The molecular formula is C27H29N3O3. The number of H-pyrrole nitrogens is 1. The van der Waals surface area contributed by atoms with Crippen LogP contribution in [0.4, 0.5) is 0 Å². The van der Waals surface area contributed by atoms with Gasteiger partial charge in [-0.3, -0.25) is 4.79 Å². The van der Waals surface area contributed by atoms with E-state index >= 15 is 0 Å². The minimum atomic E-state index is -0.768. The zero-order valence-corrected chi connectivity index (χ0v) is 18.6.